The zero-order valence-electron chi connectivity index (χ0n) is 12.6. The zero-order chi connectivity index (χ0) is 14.2. The zero-order valence-corrected chi connectivity index (χ0v) is 12.6. The summed E-state index contributed by atoms with van der Waals surface area (Å²) in [6.07, 6.45) is 7.02. The number of benzene rings is 1. The number of nitrogens with two attached hydrogens (primary N) is 1. The van der Waals surface area contributed by atoms with Crippen molar-refractivity contribution in [2.45, 2.75) is 51.0 Å². The van der Waals surface area contributed by atoms with E-state index in [9.17, 15) is 0 Å². The van der Waals surface area contributed by atoms with Crippen LogP contribution in [-0.4, -0.2) is 15.3 Å². The molecule has 0 spiro atoms. The number of hydrogen-bond donors (Lipinski definition) is 1. The number of fused-ring (bicyclic) bond motifs is 1. The molecule has 1 aromatic heterocycles. The van der Waals surface area contributed by atoms with Gasteiger partial charge in [0.05, 0.1) is 11.2 Å². The molecule has 1 aromatic carbocycles. The second-order valence-corrected chi connectivity index (χ2v) is 6.48. The molecule has 0 aliphatic heterocycles. The maximum absolute atomic E-state index is 6.66. The Hall–Kier alpha value is -1.35. The Morgan fingerprint density at radius 3 is 2.70 bits per heavy atom. The van der Waals surface area contributed by atoms with Gasteiger partial charge in [0, 0.05) is 24.4 Å². The molecule has 0 atom stereocenters. The van der Waals surface area contributed by atoms with E-state index in [1.807, 2.05) is 11.7 Å². The average Bonchev–Trinajstić information content (AvgIpc) is 2.76. The van der Waals surface area contributed by atoms with Crippen LogP contribution in [0.1, 0.15) is 44.7 Å². The van der Waals surface area contributed by atoms with E-state index in [0.717, 1.165) is 25.2 Å². The predicted octanol–water partition coefficient (Wildman–Crippen LogP) is 3.41. The Morgan fingerprint density at radius 2 is 2.00 bits per heavy atom. The van der Waals surface area contributed by atoms with E-state index in [1.165, 1.54) is 35.9 Å². The van der Waals surface area contributed by atoms with Crippen LogP contribution >= 0.6 is 0 Å². The number of rotatable bonds is 3. The molecule has 0 amide bonds. The lowest BCUT2D eigenvalue weighted by molar-refractivity contribution is 0.227. The van der Waals surface area contributed by atoms with E-state index in [1.54, 1.807) is 0 Å². The lowest BCUT2D eigenvalue weighted by Gasteiger charge is -2.36. The maximum Gasteiger partial charge on any atom is 0.0721 e. The van der Waals surface area contributed by atoms with Gasteiger partial charge in [-0.25, -0.2) is 0 Å². The number of para-hydroxylation sites is 1. The van der Waals surface area contributed by atoms with Crippen LogP contribution in [0.3, 0.4) is 0 Å². The van der Waals surface area contributed by atoms with Crippen LogP contribution in [-0.2, 0) is 13.5 Å². The van der Waals surface area contributed by atoms with Gasteiger partial charge in [-0.3, -0.25) is 4.68 Å². The number of hydrogen-bond acceptors (Lipinski definition) is 2. The normalized spacial score (nSPS) is 27.1. The highest BCUT2D eigenvalue weighted by atomic mass is 15.3. The van der Waals surface area contributed by atoms with Gasteiger partial charge in [-0.05, 0) is 37.7 Å². The van der Waals surface area contributed by atoms with Gasteiger partial charge in [-0.15, -0.1) is 0 Å². The molecule has 0 bridgehead atoms. The molecule has 20 heavy (non-hydrogen) atoms. The van der Waals surface area contributed by atoms with E-state index in [4.69, 9.17) is 10.8 Å². The molecule has 3 nitrogen and oxygen atoms in total. The Balaban J connectivity index is 1.83. The number of aryl methyl sites for hydroxylation is 1. The van der Waals surface area contributed by atoms with Crippen molar-refractivity contribution in [3.05, 3.63) is 30.0 Å². The second-order valence-electron chi connectivity index (χ2n) is 6.48. The standard InChI is InChI=1S/C17H25N3/c1-3-13-8-10-17(18,11-9-13)12-15-14-6-4-5-7-16(14)20(2)19-15/h4-7,13H,3,8-12,18H2,1-2H3. The summed E-state index contributed by atoms with van der Waals surface area (Å²) in [5.74, 6) is 0.882. The monoisotopic (exact) mass is 271 g/mol. The van der Waals surface area contributed by atoms with Crippen molar-refractivity contribution in [1.29, 1.82) is 0 Å². The fraction of sp³-hybridized carbons (Fsp3) is 0.588. The molecule has 1 aliphatic rings. The van der Waals surface area contributed by atoms with Gasteiger partial charge in [0.15, 0.2) is 0 Å². The van der Waals surface area contributed by atoms with E-state index in [-0.39, 0.29) is 5.54 Å². The highest BCUT2D eigenvalue weighted by molar-refractivity contribution is 5.81. The Kier molecular flexibility index (Phi) is 3.55. The Morgan fingerprint density at radius 1 is 1.30 bits per heavy atom. The fourth-order valence-electron chi connectivity index (χ4n) is 3.59. The highest BCUT2D eigenvalue weighted by Gasteiger charge is 2.32. The minimum Gasteiger partial charge on any atom is -0.325 e. The van der Waals surface area contributed by atoms with Crippen molar-refractivity contribution >= 4 is 10.9 Å². The topological polar surface area (TPSA) is 43.8 Å². The van der Waals surface area contributed by atoms with Gasteiger partial charge in [0.25, 0.3) is 0 Å². The van der Waals surface area contributed by atoms with Crippen molar-refractivity contribution < 1.29 is 0 Å². The van der Waals surface area contributed by atoms with Gasteiger partial charge >= 0.3 is 0 Å². The molecule has 1 fully saturated rings. The lowest BCUT2D eigenvalue weighted by atomic mass is 9.74. The molecule has 1 heterocycles. The van der Waals surface area contributed by atoms with E-state index < -0.39 is 0 Å². The van der Waals surface area contributed by atoms with Crippen molar-refractivity contribution in [2.75, 3.05) is 0 Å². The molecule has 1 aliphatic carbocycles. The third-order valence-electron chi connectivity index (χ3n) is 5.03. The summed E-state index contributed by atoms with van der Waals surface area (Å²) in [7, 11) is 2.02. The third-order valence-corrected chi connectivity index (χ3v) is 5.03. The molecule has 1 saturated carbocycles. The van der Waals surface area contributed by atoms with Crippen LogP contribution < -0.4 is 5.73 Å². The van der Waals surface area contributed by atoms with Crippen molar-refractivity contribution in [1.82, 2.24) is 9.78 Å². The molecule has 0 radical (unpaired) electrons. The van der Waals surface area contributed by atoms with Crippen molar-refractivity contribution in [3.8, 4) is 0 Å². The predicted molar refractivity (Wildman–Crippen MR) is 83.6 cm³/mol. The fourth-order valence-corrected chi connectivity index (χ4v) is 3.59. The minimum absolute atomic E-state index is 0.0528. The minimum atomic E-state index is -0.0528. The summed E-state index contributed by atoms with van der Waals surface area (Å²) in [5.41, 5.74) is 8.98. The van der Waals surface area contributed by atoms with Crippen LogP contribution in [0.5, 0.6) is 0 Å². The third kappa shape index (κ3) is 2.47. The largest absolute Gasteiger partial charge is 0.325 e. The van der Waals surface area contributed by atoms with Crippen LogP contribution in [0.25, 0.3) is 10.9 Å². The highest BCUT2D eigenvalue weighted by Crippen LogP contribution is 2.35. The van der Waals surface area contributed by atoms with Gasteiger partial charge in [0.1, 0.15) is 0 Å². The van der Waals surface area contributed by atoms with E-state index in [2.05, 4.69) is 31.2 Å². The molecule has 0 unspecified atom stereocenters. The summed E-state index contributed by atoms with van der Waals surface area (Å²) in [6, 6.07) is 8.45. The molecule has 2 N–H and O–H groups in total. The van der Waals surface area contributed by atoms with E-state index in [0.29, 0.717) is 0 Å². The smallest absolute Gasteiger partial charge is 0.0721 e. The van der Waals surface area contributed by atoms with Gasteiger partial charge in [-0.1, -0.05) is 31.5 Å². The number of nitrogens with zero attached hydrogens (tertiary/aromatic N) is 2. The quantitative estimate of drug-likeness (QED) is 0.929. The lowest BCUT2D eigenvalue weighted by Crippen LogP contribution is -2.45. The molecular formula is C17H25N3. The first kappa shape index (κ1) is 13.6. The van der Waals surface area contributed by atoms with Crippen LogP contribution in [0, 0.1) is 5.92 Å². The van der Waals surface area contributed by atoms with Gasteiger partial charge in [0.2, 0.25) is 0 Å². The Bertz CT molecular complexity index is 591. The molecule has 3 heteroatoms. The summed E-state index contributed by atoms with van der Waals surface area (Å²) < 4.78 is 1.98. The first-order valence-electron chi connectivity index (χ1n) is 7.81. The van der Waals surface area contributed by atoms with Gasteiger partial charge in [-0.2, -0.15) is 5.10 Å². The van der Waals surface area contributed by atoms with Crippen molar-refractivity contribution in [2.24, 2.45) is 18.7 Å². The van der Waals surface area contributed by atoms with Crippen molar-refractivity contribution in [3.63, 3.8) is 0 Å². The summed E-state index contributed by atoms with van der Waals surface area (Å²) >= 11 is 0. The maximum atomic E-state index is 6.66. The van der Waals surface area contributed by atoms with E-state index >= 15 is 0 Å². The molecule has 3 rings (SSSR count). The van der Waals surface area contributed by atoms with Gasteiger partial charge < -0.3 is 5.73 Å². The molecular weight excluding hydrogens is 246 g/mol. The second kappa shape index (κ2) is 5.21. The van der Waals surface area contributed by atoms with Crippen LogP contribution in [0.2, 0.25) is 0 Å². The summed E-state index contributed by atoms with van der Waals surface area (Å²) in [6.45, 7) is 2.29. The summed E-state index contributed by atoms with van der Waals surface area (Å²) in [5, 5.41) is 5.97. The van der Waals surface area contributed by atoms with Crippen LogP contribution in [0.15, 0.2) is 24.3 Å². The van der Waals surface area contributed by atoms with Crippen LogP contribution in [0.4, 0.5) is 0 Å². The first-order chi connectivity index (χ1) is 9.61. The molecule has 0 saturated heterocycles. The number of aromatic nitrogens is 2. The first-order valence-corrected chi connectivity index (χ1v) is 7.81. The molecule has 108 valence electrons. The summed E-state index contributed by atoms with van der Waals surface area (Å²) in [4.78, 5) is 0. The average molecular weight is 271 g/mol. The molecule has 2 aromatic rings. The SMILES string of the molecule is CCC1CCC(N)(Cc2nn(C)c3ccccc23)CC1. The Labute approximate surface area is 121 Å².